The molecule has 0 saturated carbocycles. The predicted molar refractivity (Wildman–Crippen MR) is 94.3 cm³/mol. The summed E-state index contributed by atoms with van der Waals surface area (Å²) in [6.45, 7) is 0. The summed E-state index contributed by atoms with van der Waals surface area (Å²) in [4.78, 5) is 12.2. The Labute approximate surface area is 147 Å². The Balaban J connectivity index is 1.96. The lowest BCUT2D eigenvalue weighted by Crippen LogP contribution is -2.33. The molecule has 0 saturated heterocycles. The first-order chi connectivity index (χ1) is 11.6. The fraction of sp³-hybridized carbons (Fsp3) is 0.0588. The second-order valence-corrected chi connectivity index (χ2v) is 6.47. The molecular weight excluding hydrogens is 346 g/mol. The van der Waals surface area contributed by atoms with Crippen molar-refractivity contribution < 1.29 is 9.90 Å². The number of para-hydroxylation sites is 2. The quantitative estimate of drug-likeness (QED) is 0.778. The number of hydrogen-bond donors (Lipinski definition) is 3. The van der Waals surface area contributed by atoms with Crippen LogP contribution in [-0.4, -0.2) is 11.0 Å². The summed E-state index contributed by atoms with van der Waals surface area (Å²) in [6, 6.07) is 15.7. The summed E-state index contributed by atoms with van der Waals surface area (Å²) in [5.41, 5.74) is 1.14. The number of rotatable bonds is 3. The summed E-state index contributed by atoms with van der Waals surface area (Å²) in [6.07, 6.45) is 0. The van der Waals surface area contributed by atoms with Crippen LogP contribution >= 0.6 is 23.4 Å². The number of nitrogens with one attached hydrogen (secondary N) is 2. The van der Waals surface area contributed by atoms with Crippen LogP contribution in [0.3, 0.4) is 0 Å². The Morgan fingerprint density at radius 3 is 2.62 bits per heavy atom. The van der Waals surface area contributed by atoms with E-state index in [2.05, 4.69) is 10.6 Å². The third-order valence-electron chi connectivity index (χ3n) is 3.41. The van der Waals surface area contributed by atoms with Gasteiger partial charge >= 0.3 is 0 Å². The van der Waals surface area contributed by atoms with Gasteiger partial charge in [0.1, 0.15) is 22.8 Å². The van der Waals surface area contributed by atoms with E-state index in [1.165, 1.54) is 11.8 Å². The first kappa shape index (κ1) is 16.2. The molecule has 120 valence electrons. The van der Waals surface area contributed by atoms with E-state index in [9.17, 15) is 15.2 Å². The number of nitriles is 1. The van der Waals surface area contributed by atoms with Gasteiger partial charge in [0.2, 0.25) is 0 Å². The molecule has 0 radical (unpaired) electrons. The Morgan fingerprint density at radius 1 is 1.21 bits per heavy atom. The minimum atomic E-state index is -0.513. The van der Waals surface area contributed by atoms with Gasteiger partial charge in [0.15, 0.2) is 0 Å². The number of anilines is 1. The largest absolute Gasteiger partial charge is 0.508 e. The number of aromatic hydroxyl groups is 1. The van der Waals surface area contributed by atoms with Gasteiger partial charge < -0.3 is 15.7 Å². The van der Waals surface area contributed by atoms with Crippen molar-refractivity contribution in [2.75, 3.05) is 5.32 Å². The molecule has 0 spiro atoms. The monoisotopic (exact) mass is 357 g/mol. The van der Waals surface area contributed by atoms with E-state index in [0.29, 0.717) is 21.3 Å². The van der Waals surface area contributed by atoms with Gasteiger partial charge in [-0.25, -0.2) is 0 Å². The Morgan fingerprint density at radius 2 is 1.92 bits per heavy atom. The van der Waals surface area contributed by atoms with Crippen LogP contribution in [0.4, 0.5) is 5.69 Å². The molecule has 7 heteroatoms. The molecule has 5 nitrogen and oxygen atoms in total. The van der Waals surface area contributed by atoms with Crippen molar-refractivity contribution in [1.82, 2.24) is 5.32 Å². The second kappa shape index (κ2) is 6.87. The average Bonchev–Trinajstić information content (AvgIpc) is 2.57. The first-order valence-corrected chi connectivity index (χ1v) is 8.27. The summed E-state index contributed by atoms with van der Waals surface area (Å²) in [5, 5.41) is 25.4. The highest BCUT2D eigenvalue weighted by atomic mass is 35.5. The standard InChI is InChI=1S/C17H12ClN3O2S/c18-12-6-2-3-7-13(12)20-17-11(9-19)15(23)21-16(24-17)10-5-1-4-8-14(10)22/h1-8,16,20,22H,(H,21,23)/t16-/m1/s1. The lowest BCUT2D eigenvalue weighted by molar-refractivity contribution is -0.117. The van der Waals surface area contributed by atoms with Crippen molar-refractivity contribution in [2.24, 2.45) is 0 Å². The highest BCUT2D eigenvalue weighted by Crippen LogP contribution is 2.41. The van der Waals surface area contributed by atoms with Crippen LogP contribution < -0.4 is 10.6 Å². The van der Waals surface area contributed by atoms with Crippen molar-refractivity contribution in [3.63, 3.8) is 0 Å². The van der Waals surface area contributed by atoms with E-state index in [1.807, 2.05) is 6.07 Å². The van der Waals surface area contributed by atoms with Gasteiger partial charge in [-0.1, -0.05) is 53.7 Å². The molecule has 1 aliphatic heterocycles. The highest BCUT2D eigenvalue weighted by Gasteiger charge is 2.30. The Bertz CT molecular complexity index is 876. The molecule has 1 amide bonds. The van der Waals surface area contributed by atoms with E-state index in [0.717, 1.165) is 0 Å². The van der Waals surface area contributed by atoms with Gasteiger partial charge in [0, 0.05) is 5.56 Å². The minimum Gasteiger partial charge on any atom is -0.508 e. The number of nitrogens with zero attached hydrogens (tertiary/aromatic N) is 1. The summed E-state index contributed by atoms with van der Waals surface area (Å²) in [5.74, 6) is -0.424. The van der Waals surface area contributed by atoms with Crippen LogP contribution in [0.25, 0.3) is 0 Å². The van der Waals surface area contributed by atoms with Crippen molar-refractivity contribution >= 4 is 35.0 Å². The summed E-state index contributed by atoms with van der Waals surface area (Å²) < 4.78 is 0. The van der Waals surface area contributed by atoms with E-state index in [1.54, 1.807) is 48.5 Å². The lowest BCUT2D eigenvalue weighted by Gasteiger charge is -2.26. The molecule has 2 aromatic rings. The van der Waals surface area contributed by atoms with Crippen LogP contribution in [-0.2, 0) is 4.79 Å². The minimum absolute atomic E-state index is 0.0217. The van der Waals surface area contributed by atoms with Crippen LogP contribution in [0.2, 0.25) is 5.02 Å². The fourth-order valence-corrected chi connectivity index (χ4v) is 3.57. The molecule has 0 fully saturated rings. The lowest BCUT2D eigenvalue weighted by atomic mass is 10.2. The van der Waals surface area contributed by atoms with Gasteiger partial charge in [0.05, 0.1) is 15.7 Å². The smallest absolute Gasteiger partial charge is 0.265 e. The topological polar surface area (TPSA) is 85.2 Å². The van der Waals surface area contributed by atoms with Crippen LogP contribution in [0.1, 0.15) is 10.9 Å². The van der Waals surface area contributed by atoms with Gasteiger partial charge in [-0.15, -0.1) is 0 Å². The number of amides is 1. The molecule has 0 bridgehead atoms. The number of hydrogen-bond acceptors (Lipinski definition) is 5. The van der Waals surface area contributed by atoms with Crippen molar-refractivity contribution in [1.29, 1.82) is 5.26 Å². The molecule has 1 heterocycles. The molecule has 0 unspecified atom stereocenters. The number of carbonyl (C=O) groups excluding carboxylic acids is 1. The second-order valence-electron chi connectivity index (χ2n) is 4.95. The zero-order valence-electron chi connectivity index (χ0n) is 12.3. The van der Waals surface area contributed by atoms with Gasteiger partial charge in [-0.3, -0.25) is 4.79 Å². The van der Waals surface area contributed by atoms with E-state index >= 15 is 0 Å². The number of thioether (sulfide) groups is 1. The van der Waals surface area contributed by atoms with Gasteiger partial charge in [0.25, 0.3) is 5.91 Å². The molecule has 24 heavy (non-hydrogen) atoms. The molecule has 1 atom stereocenters. The molecule has 3 N–H and O–H groups in total. The van der Waals surface area contributed by atoms with E-state index < -0.39 is 11.3 Å². The number of phenolic OH excluding ortho intramolecular Hbond substituents is 1. The van der Waals surface area contributed by atoms with Gasteiger partial charge in [-0.2, -0.15) is 5.26 Å². The van der Waals surface area contributed by atoms with Crippen molar-refractivity contribution in [2.45, 2.75) is 5.37 Å². The number of phenols is 1. The van der Waals surface area contributed by atoms with Crippen molar-refractivity contribution in [3.05, 3.63) is 69.7 Å². The third kappa shape index (κ3) is 3.18. The van der Waals surface area contributed by atoms with Crippen LogP contribution in [0, 0.1) is 11.3 Å². The zero-order chi connectivity index (χ0) is 17.1. The first-order valence-electron chi connectivity index (χ1n) is 7.01. The van der Waals surface area contributed by atoms with Gasteiger partial charge in [-0.05, 0) is 18.2 Å². The predicted octanol–water partition coefficient (Wildman–Crippen LogP) is 3.75. The average molecular weight is 358 g/mol. The van der Waals surface area contributed by atoms with Crippen LogP contribution in [0.5, 0.6) is 5.75 Å². The SMILES string of the molecule is N#CC1=C(Nc2ccccc2Cl)S[C@H](c2ccccc2O)NC1=O. The van der Waals surface area contributed by atoms with E-state index in [4.69, 9.17) is 11.6 Å². The third-order valence-corrected chi connectivity index (χ3v) is 4.88. The number of benzene rings is 2. The molecule has 1 aliphatic rings. The molecular formula is C17H12ClN3O2S. The summed E-state index contributed by atoms with van der Waals surface area (Å²) in [7, 11) is 0. The molecule has 3 rings (SSSR count). The Hall–Kier alpha value is -2.62. The number of carbonyl (C=O) groups is 1. The molecule has 2 aromatic carbocycles. The van der Waals surface area contributed by atoms with E-state index in [-0.39, 0.29) is 11.3 Å². The highest BCUT2D eigenvalue weighted by molar-refractivity contribution is 8.03. The maximum absolute atomic E-state index is 12.2. The maximum Gasteiger partial charge on any atom is 0.265 e. The molecule has 0 aromatic heterocycles. The Kier molecular flexibility index (Phi) is 4.65. The van der Waals surface area contributed by atoms with Crippen molar-refractivity contribution in [3.8, 4) is 11.8 Å². The fourth-order valence-electron chi connectivity index (χ4n) is 2.23. The summed E-state index contributed by atoms with van der Waals surface area (Å²) >= 11 is 7.37. The van der Waals surface area contributed by atoms with Crippen LogP contribution in [0.15, 0.2) is 59.1 Å². The zero-order valence-corrected chi connectivity index (χ0v) is 13.9. The maximum atomic E-state index is 12.2. The number of halogens is 1. The molecule has 0 aliphatic carbocycles. The normalized spacial score (nSPS) is 17.2.